The van der Waals surface area contributed by atoms with E-state index in [1.165, 1.54) is 14.2 Å². The topological polar surface area (TPSA) is 80.2 Å². The molecule has 0 bridgehead atoms. The Balaban J connectivity index is 1.89. The number of Topliss-reactive ketones (excluding diaryl/α,β-unsaturated/α-hetero) is 1. The zero-order valence-electron chi connectivity index (χ0n) is 17.2. The van der Waals surface area contributed by atoms with Gasteiger partial charge < -0.3 is 19.9 Å². The van der Waals surface area contributed by atoms with Gasteiger partial charge in [0.25, 0.3) is 0 Å². The largest absolute Gasteiger partial charge is 0.502 e. The second-order valence-electron chi connectivity index (χ2n) is 8.48. The van der Waals surface area contributed by atoms with Gasteiger partial charge in [-0.1, -0.05) is 26.0 Å². The van der Waals surface area contributed by atoms with Crippen molar-refractivity contribution in [3.05, 3.63) is 42.0 Å². The van der Waals surface area contributed by atoms with Gasteiger partial charge in [0.2, 0.25) is 5.75 Å². The Morgan fingerprint density at radius 3 is 2.41 bits per heavy atom. The molecule has 2 unspecified atom stereocenters. The lowest BCUT2D eigenvalue weighted by Crippen LogP contribution is -2.42. The average Bonchev–Trinajstić information content (AvgIpc) is 2.83. The molecule has 152 valence electrons. The van der Waals surface area contributed by atoms with E-state index in [9.17, 15) is 9.90 Å². The van der Waals surface area contributed by atoms with Crippen LogP contribution in [0.5, 0.6) is 17.2 Å². The summed E-state index contributed by atoms with van der Waals surface area (Å²) >= 11 is 0. The summed E-state index contributed by atoms with van der Waals surface area (Å²) in [6.45, 7) is 4.21. The maximum atomic E-state index is 13.3. The molecule has 29 heavy (non-hydrogen) atoms. The predicted octanol–water partition coefficient (Wildman–Crippen LogP) is 4.65. The molecule has 0 saturated heterocycles. The van der Waals surface area contributed by atoms with Crippen LogP contribution in [0.1, 0.15) is 38.3 Å². The normalized spacial score (nSPS) is 22.5. The number of hydrogen-bond acceptors (Lipinski definition) is 6. The Bertz CT molecular complexity index is 971. The van der Waals surface area contributed by atoms with E-state index in [0.29, 0.717) is 17.9 Å². The number of anilines is 1. The van der Waals surface area contributed by atoms with Gasteiger partial charge >= 0.3 is 0 Å². The molecule has 6 heteroatoms. The van der Waals surface area contributed by atoms with Crippen molar-refractivity contribution in [2.45, 2.75) is 32.7 Å². The number of ether oxygens (including phenoxy) is 2. The highest BCUT2D eigenvalue weighted by molar-refractivity contribution is 6.10. The Kier molecular flexibility index (Phi) is 4.73. The van der Waals surface area contributed by atoms with Gasteiger partial charge in [-0.25, -0.2) is 0 Å². The third kappa shape index (κ3) is 3.43. The monoisotopic (exact) mass is 394 g/mol. The van der Waals surface area contributed by atoms with Crippen molar-refractivity contribution in [3.8, 4) is 17.2 Å². The van der Waals surface area contributed by atoms with Crippen LogP contribution in [0.2, 0.25) is 0 Å². The number of para-hydroxylation sites is 2. The highest BCUT2D eigenvalue weighted by atomic mass is 16.5. The number of ketones is 1. The number of fused-ring (bicyclic) bond motifs is 2. The van der Waals surface area contributed by atoms with Gasteiger partial charge in [-0.15, -0.1) is 0 Å². The molecule has 1 heterocycles. The highest BCUT2D eigenvalue weighted by Crippen LogP contribution is 2.47. The minimum atomic E-state index is -0.394. The molecule has 6 nitrogen and oxygen atoms in total. The number of phenolic OH excluding ortho intramolecular Hbond substituents is 1. The fraction of sp³-hybridized carbons (Fsp3) is 0.391. The summed E-state index contributed by atoms with van der Waals surface area (Å²) in [4.78, 5) is 18.2. The fourth-order valence-electron chi connectivity index (χ4n) is 4.39. The predicted molar refractivity (Wildman–Crippen MR) is 113 cm³/mol. The Labute approximate surface area is 170 Å². The molecule has 0 radical (unpaired) electrons. The first-order valence-electron chi connectivity index (χ1n) is 9.73. The van der Waals surface area contributed by atoms with Crippen molar-refractivity contribution in [1.29, 1.82) is 0 Å². The summed E-state index contributed by atoms with van der Waals surface area (Å²) in [5, 5.41) is 13.8. The summed E-state index contributed by atoms with van der Waals surface area (Å²) < 4.78 is 10.7. The minimum Gasteiger partial charge on any atom is -0.502 e. The number of nitrogens with one attached hydrogen (secondary N) is 1. The molecule has 1 aliphatic carbocycles. The quantitative estimate of drug-likeness (QED) is 0.792. The average molecular weight is 394 g/mol. The van der Waals surface area contributed by atoms with Crippen molar-refractivity contribution in [2.75, 3.05) is 19.5 Å². The summed E-state index contributed by atoms with van der Waals surface area (Å²) in [6, 6.07) is 11.0. The van der Waals surface area contributed by atoms with Crippen molar-refractivity contribution < 1.29 is 19.4 Å². The molecule has 2 aromatic rings. The number of nitrogens with zero attached hydrogens (tertiary/aromatic N) is 1. The third-order valence-electron chi connectivity index (χ3n) is 5.69. The lowest BCUT2D eigenvalue weighted by molar-refractivity contribution is -0.124. The highest BCUT2D eigenvalue weighted by Gasteiger charge is 2.44. The second-order valence-corrected chi connectivity index (χ2v) is 8.48. The van der Waals surface area contributed by atoms with Gasteiger partial charge in [0.1, 0.15) is 5.78 Å². The molecule has 4 rings (SSSR count). The molecule has 2 N–H and O–H groups in total. The summed E-state index contributed by atoms with van der Waals surface area (Å²) in [5.74, 6) is 0.324. The lowest BCUT2D eigenvalue weighted by Gasteiger charge is -2.37. The molecule has 2 aliphatic rings. The van der Waals surface area contributed by atoms with Crippen LogP contribution in [0.4, 0.5) is 11.4 Å². The van der Waals surface area contributed by atoms with Crippen molar-refractivity contribution in [1.82, 2.24) is 0 Å². The van der Waals surface area contributed by atoms with E-state index in [4.69, 9.17) is 14.5 Å². The fourth-order valence-corrected chi connectivity index (χ4v) is 4.39. The SMILES string of the molecule is COc1cc(C2Nc3ccccc3N=C3CC(C)(C)CC(=O)C32)cc(OC)c1O. The van der Waals surface area contributed by atoms with Crippen LogP contribution in [-0.4, -0.2) is 30.8 Å². The Morgan fingerprint density at radius 2 is 1.76 bits per heavy atom. The molecule has 0 spiro atoms. The number of phenols is 1. The second kappa shape index (κ2) is 7.10. The van der Waals surface area contributed by atoms with Crippen LogP contribution in [-0.2, 0) is 4.79 Å². The molecule has 1 aliphatic heterocycles. The first-order valence-corrected chi connectivity index (χ1v) is 9.73. The van der Waals surface area contributed by atoms with E-state index in [-0.39, 0.29) is 23.0 Å². The first-order chi connectivity index (χ1) is 13.8. The first kappa shape index (κ1) is 19.3. The molecule has 2 aromatic carbocycles. The van der Waals surface area contributed by atoms with Crippen LogP contribution in [0, 0.1) is 11.3 Å². The maximum absolute atomic E-state index is 13.3. The number of methoxy groups -OCH3 is 2. The Morgan fingerprint density at radius 1 is 1.10 bits per heavy atom. The number of hydrogen-bond donors (Lipinski definition) is 2. The molecular formula is C23H26N2O4. The molecule has 1 saturated carbocycles. The number of aromatic hydroxyl groups is 1. The number of aliphatic imine (C=N–C) groups is 1. The smallest absolute Gasteiger partial charge is 0.200 e. The molecule has 1 fully saturated rings. The van der Waals surface area contributed by atoms with Crippen LogP contribution in [0.3, 0.4) is 0 Å². The molecule has 0 aromatic heterocycles. The van der Waals surface area contributed by atoms with E-state index in [1.807, 2.05) is 24.3 Å². The molecule has 2 atom stereocenters. The number of carbonyl (C=O) groups excluding carboxylic acids is 1. The lowest BCUT2D eigenvalue weighted by atomic mass is 9.68. The van der Waals surface area contributed by atoms with Crippen LogP contribution >= 0.6 is 0 Å². The van der Waals surface area contributed by atoms with Crippen LogP contribution in [0.25, 0.3) is 0 Å². The van der Waals surface area contributed by atoms with Gasteiger partial charge in [0.15, 0.2) is 11.5 Å². The van der Waals surface area contributed by atoms with E-state index < -0.39 is 5.92 Å². The van der Waals surface area contributed by atoms with E-state index in [2.05, 4.69) is 19.2 Å². The zero-order chi connectivity index (χ0) is 20.8. The summed E-state index contributed by atoms with van der Waals surface area (Å²) in [5.41, 5.74) is 3.27. The van der Waals surface area contributed by atoms with Gasteiger partial charge in [0, 0.05) is 12.1 Å². The van der Waals surface area contributed by atoms with E-state index >= 15 is 0 Å². The van der Waals surface area contributed by atoms with Gasteiger partial charge in [-0.2, -0.15) is 0 Å². The number of carbonyl (C=O) groups is 1. The van der Waals surface area contributed by atoms with Gasteiger partial charge in [-0.05, 0) is 41.7 Å². The van der Waals surface area contributed by atoms with E-state index in [1.54, 1.807) is 12.1 Å². The van der Waals surface area contributed by atoms with E-state index in [0.717, 1.165) is 29.1 Å². The van der Waals surface area contributed by atoms with Gasteiger partial charge in [0.05, 0.1) is 37.6 Å². The van der Waals surface area contributed by atoms with Crippen molar-refractivity contribution >= 4 is 22.9 Å². The Hall–Kier alpha value is -3.02. The van der Waals surface area contributed by atoms with Crippen molar-refractivity contribution in [2.24, 2.45) is 16.3 Å². The number of benzene rings is 2. The minimum absolute atomic E-state index is 0.0576. The third-order valence-corrected chi connectivity index (χ3v) is 5.69. The zero-order valence-corrected chi connectivity index (χ0v) is 17.2. The van der Waals surface area contributed by atoms with Crippen LogP contribution < -0.4 is 14.8 Å². The standard InChI is InChI=1S/C23H26N2O4/c1-23(2)11-16-20(17(26)12-23)21(25-15-8-6-5-7-14(15)24-16)13-9-18(28-3)22(27)19(10-13)29-4/h5-10,20-21,25,27H,11-12H2,1-4H3. The molecule has 0 amide bonds. The molecular weight excluding hydrogens is 368 g/mol. The van der Waals surface area contributed by atoms with Crippen molar-refractivity contribution in [3.63, 3.8) is 0 Å². The van der Waals surface area contributed by atoms with Crippen LogP contribution in [0.15, 0.2) is 41.4 Å². The maximum Gasteiger partial charge on any atom is 0.200 e. The summed E-state index contributed by atoms with van der Waals surface area (Å²) in [7, 11) is 2.99. The summed E-state index contributed by atoms with van der Waals surface area (Å²) in [6.07, 6.45) is 1.25. The number of rotatable bonds is 3. The van der Waals surface area contributed by atoms with Gasteiger partial charge in [-0.3, -0.25) is 9.79 Å².